The molecule has 0 amide bonds. The van der Waals surface area contributed by atoms with Gasteiger partial charge in [0.05, 0.1) is 5.02 Å². The molecule has 1 aromatic rings. The van der Waals surface area contributed by atoms with Crippen molar-refractivity contribution in [3.63, 3.8) is 0 Å². The molecule has 0 radical (unpaired) electrons. The van der Waals surface area contributed by atoms with Crippen LogP contribution in [0.25, 0.3) is 0 Å². The van der Waals surface area contributed by atoms with Crippen molar-refractivity contribution in [1.82, 2.24) is 0 Å². The minimum absolute atomic E-state index is 0.135. The Morgan fingerprint density at radius 1 is 1.29 bits per heavy atom. The Morgan fingerprint density at radius 3 is 2.50 bits per heavy atom. The van der Waals surface area contributed by atoms with E-state index in [1.54, 1.807) is 0 Å². The summed E-state index contributed by atoms with van der Waals surface area (Å²) in [4.78, 5) is 0. The van der Waals surface area contributed by atoms with Crippen LogP contribution in [0.3, 0.4) is 0 Å². The molecule has 1 aliphatic rings. The number of hydrogen-bond acceptors (Lipinski definition) is 1. The van der Waals surface area contributed by atoms with E-state index in [1.807, 2.05) is 12.1 Å². The number of hydrogen-bond donors (Lipinski definition) is 1. The second-order valence-electron chi connectivity index (χ2n) is 3.99. The van der Waals surface area contributed by atoms with E-state index in [4.69, 9.17) is 17.3 Å². The first-order valence-corrected chi connectivity index (χ1v) is 6.03. The molecule has 0 heterocycles. The lowest BCUT2D eigenvalue weighted by atomic mass is 9.90. The summed E-state index contributed by atoms with van der Waals surface area (Å²) in [5, 5.41) is 0.749. The van der Waals surface area contributed by atoms with Gasteiger partial charge in [-0.2, -0.15) is 0 Å². The highest BCUT2D eigenvalue weighted by molar-refractivity contribution is 9.10. The Labute approximate surface area is 97.8 Å². The molecule has 1 nitrogen and oxygen atoms in total. The molecule has 1 aromatic carbocycles. The minimum atomic E-state index is -0.135. The highest BCUT2D eigenvalue weighted by Gasteiger charge is 2.31. The lowest BCUT2D eigenvalue weighted by Crippen LogP contribution is -2.32. The van der Waals surface area contributed by atoms with Crippen LogP contribution in [-0.4, -0.2) is 0 Å². The second kappa shape index (κ2) is 3.84. The number of rotatable bonds is 1. The Kier molecular flexibility index (Phi) is 2.87. The van der Waals surface area contributed by atoms with Gasteiger partial charge in [-0.3, -0.25) is 0 Å². The number of nitrogens with two attached hydrogens (primary N) is 1. The summed E-state index contributed by atoms with van der Waals surface area (Å²) in [5.41, 5.74) is 7.36. The van der Waals surface area contributed by atoms with Gasteiger partial charge < -0.3 is 5.73 Å². The van der Waals surface area contributed by atoms with Crippen LogP contribution in [0.4, 0.5) is 0 Å². The lowest BCUT2D eigenvalue weighted by Gasteiger charge is -2.24. The molecular weight excluding hydrogens is 261 g/mol. The third-order valence-electron chi connectivity index (χ3n) is 2.99. The number of benzene rings is 1. The van der Waals surface area contributed by atoms with Gasteiger partial charge in [0.2, 0.25) is 0 Å². The fraction of sp³-hybridized carbons (Fsp3) is 0.455. The van der Waals surface area contributed by atoms with Gasteiger partial charge in [0.15, 0.2) is 0 Å². The Hall–Kier alpha value is -0.0500. The van der Waals surface area contributed by atoms with Crippen molar-refractivity contribution >= 4 is 27.5 Å². The van der Waals surface area contributed by atoms with E-state index >= 15 is 0 Å². The SMILES string of the molecule is NC1(c2ccc(Br)c(Cl)c2)CCCC1. The average Bonchev–Trinajstić information content (AvgIpc) is 2.58. The zero-order valence-electron chi connectivity index (χ0n) is 7.89. The van der Waals surface area contributed by atoms with Gasteiger partial charge in [0, 0.05) is 10.0 Å². The van der Waals surface area contributed by atoms with Crippen molar-refractivity contribution in [2.75, 3.05) is 0 Å². The van der Waals surface area contributed by atoms with Crippen molar-refractivity contribution < 1.29 is 0 Å². The molecule has 0 bridgehead atoms. The second-order valence-corrected chi connectivity index (χ2v) is 5.25. The molecule has 0 spiro atoms. The number of halogens is 2. The quantitative estimate of drug-likeness (QED) is 0.827. The van der Waals surface area contributed by atoms with Gasteiger partial charge in [-0.15, -0.1) is 0 Å². The van der Waals surface area contributed by atoms with E-state index in [0.29, 0.717) is 0 Å². The molecule has 0 saturated heterocycles. The standard InChI is InChI=1S/C11H13BrClN/c12-9-4-3-8(7-10(9)13)11(14)5-1-2-6-11/h3-4,7H,1-2,5-6,14H2. The molecule has 0 atom stereocenters. The smallest absolute Gasteiger partial charge is 0.0551 e. The van der Waals surface area contributed by atoms with Crippen molar-refractivity contribution in [2.24, 2.45) is 5.73 Å². The molecule has 1 aliphatic carbocycles. The molecule has 1 fully saturated rings. The van der Waals surface area contributed by atoms with E-state index < -0.39 is 0 Å². The van der Waals surface area contributed by atoms with E-state index in [-0.39, 0.29) is 5.54 Å². The van der Waals surface area contributed by atoms with Crippen LogP contribution >= 0.6 is 27.5 Å². The first kappa shape index (κ1) is 10.5. The van der Waals surface area contributed by atoms with Crippen LogP contribution in [0, 0.1) is 0 Å². The van der Waals surface area contributed by atoms with Gasteiger partial charge >= 0.3 is 0 Å². The third-order valence-corrected chi connectivity index (χ3v) is 4.22. The summed E-state index contributed by atoms with van der Waals surface area (Å²) in [7, 11) is 0. The predicted molar refractivity (Wildman–Crippen MR) is 63.5 cm³/mol. The summed E-state index contributed by atoms with van der Waals surface area (Å²) < 4.78 is 0.935. The summed E-state index contributed by atoms with van der Waals surface area (Å²) in [6, 6.07) is 6.03. The van der Waals surface area contributed by atoms with Crippen molar-refractivity contribution in [1.29, 1.82) is 0 Å². The van der Waals surface area contributed by atoms with Gasteiger partial charge in [-0.1, -0.05) is 30.5 Å². The van der Waals surface area contributed by atoms with Crippen molar-refractivity contribution in [3.05, 3.63) is 33.3 Å². The van der Waals surface area contributed by atoms with E-state index in [1.165, 1.54) is 18.4 Å². The predicted octanol–water partition coefficient (Wildman–Crippen LogP) is 3.83. The summed E-state index contributed by atoms with van der Waals surface area (Å²) in [6.07, 6.45) is 4.60. The topological polar surface area (TPSA) is 26.0 Å². The van der Waals surface area contributed by atoms with Gasteiger partial charge in [0.25, 0.3) is 0 Å². The molecule has 0 unspecified atom stereocenters. The van der Waals surface area contributed by atoms with Crippen LogP contribution in [-0.2, 0) is 5.54 Å². The van der Waals surface area contributed by atoms with Gasteiger partial charge in [-0.25, -0.2) is 0 Å². The Bertz CT molecular complexity index is 345. The fourth-order valence-electron chi connectivity index (χ4n) is 2.10. The Balaban J connectivity index is 2.36. The zero-order valence-corrected chi connectivity index (χ0v) is 10.2. The molecule has 2 rings (SSSR count). The normalized spacial score (nSPS) is 19.9. The van der Waals surface area contributed by atoms with Gasteiger partial charge in [0.1, 0.15) is 0 Å². The van der Waals surface area contributed by atoms with E-state index in [2.05, 4.69) is 22.0 Å². The first-order valence-electron chi connectivity index (χ1n) is 4.86. The molecule has 1 saturated carbocycles. The van der Waals surface area contributed by atoms with Crippen molar-refractivity contribution in [2.45, 2.75) is 31.2 Å². The maximum Gasteiger partial charge on any atom is 0.0551 e. The zero-order chi connectivity index (χ0) is 10.2. The molecule has 2 N–H and O–H groups in total. The summed E-state index contributed by atoms with van der Waals surface area (Å²) in [6.45, 7) is 0. The maximum atomic E-state index is 6.33. The van der Waals surface area contributed by atoms with Crippen LogP contribution in [0.15, 0.2) is 22.7 Å². The van der Waals surface area contributed by atoms with Crippen LogP contribution in [0.5, 0.6) is 0 Å². The Morgan fingerprint density at radius 2 is 1.93 bits per heavy atom. The highest BCUT2D eigenvalue weighted by Crippen LogP contribution is 2.38. The molecule has 3 heteroatoms. The van der Waals surface area contributed by atoms with E-state index in [9.17, 15) is 0 Å². The highest BCUT2D eigenvalue weighted by atomic mass is 79.9. The lowest BCUT2D eigenvalue weighted by molar-refractivity contribution is 0.461. The van der Waals surface area contributed by atoms with Crippen molar-refractivity contribution in [3.8, 4) is 0 Å². The fourth-order valence-corrected chi connectivity index (χ4v) is 2.53. The maximum absolute atomic E-state index is 6.33. The monoisotopic (exact) mass is 273 g/mol. The van der Waals surface area contributed by atoms with Crippen LogP contribution in [0.2, 0.25) is 5.02 Å². The minimum Gasteiger partial charge on any atom is -0.321 e. The molecule has 0 aromatic heterocycles. The largest absolute Gasteiger partial charge is 0.321 e. The summed E-state index contributed by atoms with van der Waals surface area (Å²) >= 11 is 9.43. The van der Waals surface area contributed by atoms with Gasteiger partial charge in [-0.05, 0) is 46.5 Å². The average molecular weight is 275 g/mol. The third kappa shape index (κ3) is 1.83. The molecular formula is C11H13BrClN. The first-order chi connectivity index (χ1) is 6.62. The molecule has 0 aliphatic heterocycles. The summed E-state index contributed by atoms with van der Waals surface area (Å²) in [5.74, 6) is 0. The molecule has 76 valence electrons. The molecule has 14 heavy (non-hydrogen) atoms. The van der Waals surface area contributed by atoms with E-state index in [0.717, 1.165) is 22.3 Å². The van der Waals surface area contributed by atoms with Crippen LogP contribution < -0.4 is 5.73 Å². The van der Waals surface area contributed by atoms with Crippen LogP contribution in [0.1, 0.15) is 31.2 Å².